The number of piperidine rings is 1. The number of nitrogens with zero attached hydrogens (tertiary/aromatic N) is 2. The van der Waals surface area contributed by atoms with E-state index >= 15 is 0 Å². The third kappa shape index (κ3) is 4.84. The number of Topliss-reactive ketones (excluding diaryl/α,β-unsaturated/α-hetero) is 1. The van der Waals surface area contributed by atoms with Gasteiger partial charge in [0.25, 0.3) is 0 Å². The van der Waals surface area contributed by atoms with Crippen molar-refractivity contribution in [2.24, 2.45) is 0 Å². The Balaban J connectivity index is 0.00000274. The molecule has 2 aliphatic rings. The van der Waals surface area contributed by atoms with Crippen LogP contribution in [0.15, 0.2) is 66.7 Å². The number of likely N-dealkylation sites (tertiary alicyclic amines) is 1. The molecule has 0 N–H and O–H groups in total. The van der Waals surface area contributed by atoms with Crippen LogP contribution in [0.5, 0.6) is 0 Å². The lowest BCUT2D eigenvalue weighted by Gasteiger charge is -2.39. The largest absolute Gasteiger partial charge is 0.337 e. The summed E-state index contributed by atoms with van der Waals surface area (Å²) >= 11 is 0. The highest BCUT2D eigenvalue weighted by atomic mass is 35.5. The lowest BCUT2D eigenvalue weighted by Crippen LogP contribution is -2.45. The Morgan fingerprint density at radius 1 is 0.882 bits per heavy atom. The molecule has 0 aliphatic carbocycles. The molecule has 0 amide bonds. The zero-order valence-electron chi connectivity index (χ0n) is 18.6. The number of rotatable bonds is 6. The van der Waals surface area contributed by atoms with Gasteiger partial charge in [0.2, 0.25) is 0 Å². The first-order chi connectivity index (χ1) is 16.0. The first-order valence-electron chi connectivity index (χ1n) is 11.3. The summed E-state index contributed by atoms with van der Waals surface area (Å²) in [5.41, 5.74) is 3.41. The van der Waals surface area contributed by atoms with Crippen LogP contribution in [0.4, 0.5) is 24.5 Å². The van der Waals surface area contributed by atoms with Crippen LogP contribution < -0.4 is 4.90 Å². The van der Waals surface area contributed by atoms with Gasteiger partial charge in [-0.05, 0) is 91.7 Å². The number of benzene rings is 3. The maximum atomic E-state index is 14.1. The highest BCUT2D eigenvalue weighted by Gasteiger charge is 2.42. The number of fused-ring (bicyclic) bond motifs is 3. The number of ketones is 1. The first kappa shape index (κ1) is 24.3. The topological polar surface area (TPSA) is 23.6 Å². The minimum atomic E-state index is -0.350. The molecule has 178 valence electrons. The van der Waals surface area contributed by atoms with E-state index in [1.54, 1.807) is 18.2 Å². The van der Waals surface area contributed by atoms with Crippen molar-refractivity contribution in [1.29, 1.82) is 0 Å². The number of carbonyl (C=O) groups excluding carboxylic acids is 1. The highest BCUT2D eigenvalue weighted by molar-refractivity contribution is 5.95. The van der Waals surface area contributed by atoms with Gasteiger partial charge in [0.05, 0.1) is 0 Å². The van der Waals surface area contributed by atoms with Crippen LogP contribution in [0.25, 0.3) is 0 Å². The molecule has 7 heteroatoms. The molecular formula is C27H26ClF3N2O. The van der Waals surface area contributed by atoms with E-state index in [-0.39, 0.29) is 47.6 Å². The molecule has 5 rings (SSSR count). The molecule has 0 radical (unpaired) electrons. The van der Waals surface area contributed by atoms with E-state index in [1.807, 2.05) is 6.07 Å². The standard InChI is InChI=1S/C27H25F3N2O.ClH/c28-19-5-3-18(4-6-19)27(33)2-1-14-31-15-13-26-24(17-31)23-16-21(30)9-12-25(23)32(26)22-10-7-20(29)8-11-22;/h3-12,16,24,26H,1-2,13-15,17H2;1H. The van der Waals surface area contributed by atoms with E-state index in [9.17, 15) is 18.0 Å². The minimum Gasteiger partial charge on any atom is -0.337 e. The summed E-state index contributed by atoms with van der Waals surface area (Å²) in [5, 5.41) is 0. The van der Waals surface area contributed by atoms with Crippen molar-refractivity contribution in [2.75, 3.05) is 24.5 Å². The molecule has 2 heterocycles. The van der Waals surface area contributed by atoms with Crippen molar-refractivity contribution in [3.05, 3.63) is 95.3 Å². The third-order valence-electron chi connectivity index (χ3n) is 6.79. The number of halogens is 4. The van der Waals surface area contributed by atoms with Crippen LogP contribution in [0.1, 0.15) is 41.1 Å². The normalized spacial score (nSPS) is 19.3. The molecule has 2 aliphatic heterocycles. The molecule has 2 atom stereocenters. The van der Waals surface area contributed by atoms with Crippen LogP contribution in [0, 0.1) is 17.5 Å². The summed E-state index contributed by atoms with van der Waals surface area (Å²) in [6.45, 7) is 2.43. The van der Waals surface area contributed by atoms with Gasteiger partial charge in [-0.2, -0.15) is 0 Å². The predicted octanol–water partition coefficient (Wildman–Crippen LogP) is 6.50. The Bertz CT molecular complexity index is 1150. The number of anilines is 2. The Morgan fingerprint density at radius 2 is 1.53 bits per heavy atom. The summed E-state index contributed by atoms with van der Waals surface area (Å²) in [6, 6.07) is 17.2. The van der Waals surface area contributed by atoms with E-state index in [0.717, 1.165) is 43.0 Å². The summed E-state index contributed by atoms with van der Waals surface area (Å²) in [7, 11) is 0. The summed E-state index contributed by atoms with van der Waals surface area (Å²) in [5.74, 6) is -0.727. The second kappa shape index (κ2) is 10.2. The van der Waals surface area contributed by atoms with Gasteiger partial charge in [0, 0.05) is 48.4 Å². The first-order valence-corrected chi connectivity index (χ1v) is 11.3. The summed E-state index contributed by atoms with van der Waals surface area (Å²) < 4.78 is 40.7. The van der Waals surface area contributed by atoms with Crippen molar-refractivity contribution in [2.45, 2.75) is 31.2 Å². The summed E-state index contributed by atoms with van der Waals surface area (Å²) in [4.78, 5) is 16.9. The smallest absolute Gasteiger partial charge is 0.162 e. The second-order valence-electron chi connectivity index (χ2n) is 8.85. The summed E-state index contributed by atoms with van der Waals surface area (Å²) in [6.07, 6.45) is 2.01. The molecule has 2 unspecified atom stereocenters. The van der Waals surface area contributed by atoms with E-state index in [2.05, 4.69) is 9.80 Å². The van der Waals surface area contributed by atoms with Gasteiger partial charge in [-0.1, -0.05) is 0 Å². The molecule has 1 fully saturated rings. The lowest BCUT2D eigenvalue weighted by molar-refractivity contribution is 0.0971. The lowest BCUT2D eigenvalue weighted by atomic mass is 9.88. The maximum Gasteiger partial charge on any atom is 0.162 e. The number of hydrogen-bond donors (Lipinski definition) is 0. The average Bonchev–Trinajstić information content (AvgIpc) is 3.13. The SMILES string of the molecule is Cl.O=C(CCCN1CCC2C(C1)c1cc(F)ccc1N2c1ccc(F)cc1)c1ccc(F)cc1. The molecular weight excluding hydrogens is 461 g/mol. The van der Waals surface area contributed by atoms with Gasteiger partial charge in [-0.3, -0.25) is 4.79 Å². The van der Waals surface area contributed by atoms with Crippen molar-refractivity contribution >= 4 is 29.6 Å². The molecule has 0 saturated carbocycles. The molecule has 3 aromatic rings. The van der Waals surface area contributed by atoms with Gasteiger partial charge in [0.15, 0.2) is 5.78 Å². The van der Waals surface area contributed by atoms with Gasteiger partial charge in [-0.25, -0.2) is 13.2 Å². The predicted molar refractivity (Wildman–Crippen MR) is 130 cm³/mol. The fourth-order valence-corrected chi connectivity index (χ4v) is 5.22. The number of carbonyl (C=O) groups is 1. The zero-order valence-corrected chi connectivity index (χ0v) is 19.4. The Kier molecular flexibility index (Phi) is 7.29. The van der Waals surface area contributed by atoms with Crippen LogP contribution in [0.2, 0.25) is 0 Å². The quantitative estimate of drug-likeness (QED) is 0.372. The monoisotopic (exact) mass is 486 g/mol. The van der Waals surface area contributed by atoms with Crippen molar-refractivity contribution in [1.82, 2.24) is 4.90 Å². The molecule has 0 bridgehead atoms. The Hall–Kier alpha value is -2.83. The average molecular weight is 487 g/mol. The molecule has 3 aromatic carbocycles. The fourth-order valence-electron chi connectivity index (χ4n) is 5.22. The van der Waals surface area contributed by atoms with Crippen LogP contribution >= 0.6 is 12.4 Å². The van der Waals surface area contributed by atoms with Crippen LogP contribution in [-0.4, -0.2) is 36.4 Å². The second-order valence-corrected chi connectivity index (χ2v) is 8.85. The van der Waals surface area contributed by atoms with Crippen LogP contribution in [-0.2, 0) is 0 Å². The number of hydrogen-bond acceptors (Lipinski definition) is 3. The molecule has 34 heavy (non-hydrogen) atoms. The highest BCUT2D eigenvalue weighted by Crippen LogP contribution is 2.48. The minimum absolute atomic E-state index is 0. The van der Waals surface area contributed by atoms with E-state index in [1.165, 1.54) is 42.5 Å². The zero-order chi connectivity index (χ0) is 22.9. The maximum absolute atomic E-state index is 14.1. The van der Waals surface area contributed by atoms with Gasteiger partial charge >= 0.3 is 0 Å². The van der Waals surface area contributed by atoms with Gasteiger partial charge < -0.3 is 9.80 Å². The molecule has 3 nitrogen and oxygen atoms in total. The van der Waals surface area contributed by atoms with Gasteiger partial charge in [-0.15, -0.1) is 12.4 Å². The molecule has 1 saturated heterocycles. The van der Waals surface area contributed by atoms with Gasteiger partial charge in [0.1, 0.15) is 17.5 Å². The van der Waals surface area contributed by atoms with Crippen molar-refractivity contribution in [3.63, 3.8) is 0 Å². The third-order valence-corrected chi connectivity index (χ3v) is 6.79. The molecule has 0 spiro atoms. The fraction of sp³-hybridized carbons (Fsp3) is 0.296. The van der Waals surface area contributed by atoms with Crippen molar-refractivity contribution < 1.29 is 18.0 Å². The van der Waals surface area contributed by atoms with Crippen LogP contribution in [0.3, 0.4) is 0 Å². The van der Waals surface area contributed by atoms with E-state index < -0.39 is 0 Å². The molecule has 0 aromatic heterocycles. The Morgan fingerprint density at radius 3 is 2.24 bits per heavy atom. The van der Waals surface area contributed by atoms with Crippen molar-refractivity contribution in [3.8, 4) is 0 Å². The Labute approximate surface area is 203 Å². The van der Waals surface area contributed by atoms with E-state index in [4.69, 9.17) is 0 Å². The van der Waals surface area contributed by atoms with E-state index in [0.29, 0.717) is 18.4 Å².